The Morgan fingerprint density at radius 2 is 2.00 bits per heavy atom. The molecule has 0 saturated carbocycles. The maximum absolute atomic E-state index is 12.0. The van der Waals surface area contributed by atoms with Crippen LogP contribution in [0.15, 0.2) is 0 Å². The van der Waals surface area contributed by atoms with E-state index >= 15 is 0 Å². The van der Waals surface area contributed by atoms with Gasteiger partial charge in [-0.2, -0.15) is 0 Å². The van der Waals surface area contributed by atoms with E-state index in [1.165, 1.54) is 0 Å². The summed E-state index contributed by atoms with van der Waals surface area (Å²) in [5.74, 6) is 1.89. The number of hydrogen-bond donors (Lipinski definition) is 2. The molecule has 100 valence electrons. The minimum absolute atomic E-state index is 0.0684. The maximum Gasteiger partial charge on any atom is 0.224 e. The molecular weight excluding hydrogens is 236 g/mol. The SMILES string of the molecule is CC(C)CC(CN)C(=O)NC1CCS(=O)CC1. The summed E-state index contributed by atoms with van der Waals surface area (Å²) in [5.41, 5.74) is 5.64. The molecule has 1 amide bonds. The average Bonchev–Trinajstić information content (AvgIpc) is 2.28. The summed E-state index contributed by atoms with van der Waals surface area (Å²) in [4.78, 5) is 12.0. The van der Waals surface area contributed by atoms with Crippen molar-refractivity contribution >= 4 is 16.7 Å². The maximum atomic E-state index is 12.0. The highest BCUT2D eigenvalue weighted by Gasteiger charge is 2.23. The van der Waals surface area contributed by atoms with Crippen molar-refractivity contribution in [1.82, 2.24) is 5.32 Å². The molecule has 0 aromatic carbocycles. The molecule has 1 aliphatic rings. The van der Waals surface area contributed by atoms with E-state index in [0.717, 1.165) is 19.3 Å². The van der Waals surface area contributed by atoms with Gasteiger partial charge in [0, 0.05) is 34.9 Å². The van der Waals surface area contributed by atoms with Gasteiger partial charge in [-0.15, -0.1) is 0 Å². The highest BCUT2D eigenvalue weighted by atomic mass is 32.2. The van der Waals surface area contributed by atoms with Crippen molar-refractivity contribution in [2.45, 2.75) is 39.2 Å². The van der Waals surface area contributed by atoms with E-state index in [9.17, 15) is 9.00 Å². The standard InChI is InChI=1S/C12H24N2O2S/c1-9(2)7-10(8-13)12(15)14-11-3-5-17(16)6-4-11/h9-11H,3-8,13H2,1-2H3,(H,14,15). The normalized spacial score (nSPS) is 26.8. The van der Waals surface area contributed by atoms with Gasteiger partial charge in [0.25, 0.3) is 0 Å². The summed E-state index contributed by atoms with van der Waals surface area (Å²) in [6.45, 7) is 4.60. The van der Waals surface area contributed by atoms with Crippen LogP contribution in [0.4, 0.5) is 0 Å². The Bertz CT molecular complexity index is 272. The first kappa shape index (κ1) is 14.6. The van der Waals surface area contributed by atoms with Gasteiger partial charge < -0.3 is 11.1 Å². The fraction of sp³-hybridized carbons (Fsp3) is 0.917. The quantitative estimate of drug-likeness (QED) is 0.762. The van der Waals surface area contributed by atoms with Crippen LogP contribution >= 0.6 is 0 Å². The van der Waals surface area contributed by atoms with Crippen molar-refractivity contribution in [3.05, 3.63) is 0 Å². The van der Waals surface area contributed by atoms with Crippen LogP contribution in [-0.4, -0.2) is 34.2 Å². The number of nitrogens with one attached hydrogen (secondary N) is 1. The van der Waals surface area contributed by atoms with Gasteiger partial charge in [0.1, 0.15) is 0 Å². The van der Waals surface area contributed by atoms with Gasteiger partial charge in [0.2, 0.25) is 5.91 Å². The Kier molecular flexibility index (Phi) is 6.12. The minimum Gasteiger partial charge on any atom is -0.353 e. The van der Waals surface area contributed by atoms with Crippen LogP contribution in [-0.2, 0) is 15.6 Å². The van der Waals surface area contributed by atoms with Crippen LogP contribution in [0.25, 0.3) is 0 Å². The second-order valence-corrected chi connectivity index (χ2v) is 6.89. The van der Waals surface area contributed by atoms with Gasteiger partial charge in [-0.25, -0.2) is 0 Å². The van der Waals surface area contributed by atoms with Gasteiger partial charge in [-0.05, 0) is 25.2 Å². The summed E-state index contributed by atoms with van der Waals surface area (Å²) < 4.78 is 11.2. The number of nitrogens with two attached hydrogens (primary N) is 1. The van der Waals surface area contributed by atoms with Gasteiger partial charge in [0.15, 0.2) is 0 Å². The molecule has 17 heavy (non-hydrogen) atoms. The molecule has 3 N–H and O–H groups in total. The van der Waals surface area contributed by atoms with Crippen LogP contribution in [0.2, 0.25) is 0 Å². The van der Waals surface area contributed by atoms with Gasteiger partial charge in [-0.1, -0.05) is 13.8 Å². The third-order valence-electron chi connectivity index (χ3n) is 3.15. The molecule has 5 heteroatoms. The molecule has 0 aromatic heterocycles. The Labute approximate surface area is 106 Å². The molecule has 0 spiro atoms. The smallest absolute Gasteiger partial charge is 0.224 e. The summed E-state index contributed by atoms with van der Waals surface area (Å²) >= 11 is 0. The largest absolute Gasteiger partial charge is 0.353 e. The fourth-order valence-electron chi connectivity index (χ4n) is 2.14. The third kappa shape index (κ3) is 5.17. The Balaban J connectivity index is 2.38. The Morgan fingerprint density at radius 1 is 1.41 bits per heavy atom. The Hall–Kier alpha value is -0.420. The average molecular weight is 260 g/mol. The number of hydrogen-bond acceptors (Lipinski definition) is 3. The number of carbonyl (C=O) groups excluding carboxylic acids is 1. The molecule has 1 unspecified atom stereocenters. The molecule has 0 bridgehead atoms. The molecule has 1 rings (SSSR count). The van der Waals surface area contributed by atoms with E-state index in [1.54, 1.807) is 0 Å². The monoisotopic (exact) mass is 260 g/mol. The summed E-state index contributed by atoms with van der Waals surface area (Å²) in [7, 11) is -0.673. The lowest BCUT2D eigenvalue weighted by Crippen LogP contribution is -2.44. The first-order valence-electron chi connectivity index (χ1n) is 6.38. The zero-order valence-corrected chi connectivity index (χ0v) is 11.6. The van der Waals surface area contributed by atoms with E-state index in [4.69, 9.17) is 5.73 Å². The van der Waals surface area contributed by atoms with Crippen LogP contribution < -0.4 is 11.1 Å². The van der Waals surface area contributed by atoms with Gasteiger partial charge in [0.05, 0.1) is 5.92 Å². The second-order valence-electron chi connectivity index (χ2n) is 5.19. The molecule has 4 nitrogen and oxygen atoms in total. The highest BCUT2D eigenvalue weighted by molar-refractivity contribution is 7.85. The molecular formula is C12H24N2O2S. The van der Waals surface area contributed by atoms with Crippen LogP contribution in [0.5, 0.6) is 0 Å². The number of amides is 1. The molecule has 1 fully saturated rings. The predicted octanol–water partition coefficient (Wildman–Crippen LogP) is 0.635. The topological polar surface area (TPSA) is 72.2 Å². The van der Waals surface area contributed by atoms with Crippen molar-refractivity contribution < 1.29 is 9.00 Å². The molecule has 0 radical (unpaired) electrons. The van der Waals surface area contributed by atoms with Crippen LogP contribution in [0.1, 0.15) is 33.1 Å². The first-order chi connectivity index (χ1) is 8.02. The lowest BCUT2D eigenvalue weighted by Gasteiger charge is -2.25. The van der Waals surface area contributed by atoms with E-state index in [-0.39, 0.29) is 17.9 Å². The molecule has 1 saturated heterocycles. The molecule has 1 aliphatic heterocycles. The van der Waals surface area contributed by atoms with Crippen LogP contribution in [0, 0.1) is 11.8 Å². The minimum atomic E-state index is -0.673. The fourth-order valence-corrected chi connectivity index (χ4v) is 3.44. The molecule has 1 atom stereocenters. The lowest BCUT2D eigenvalue weighted by atomic mass is 9.96. The van der Waals surface area contributed by atoms with Crippen molar-refractivity contribution in [3.63, 3.8) is 0 Å². The van der Waals surface area contributed by atoms with Crippen molar-refractivity contribution in [3.8, 4) is 0 Å². The molecule has 0 aliphatic carbocycles. The van der Waals surface area contributed by atoms with E-state index in [1.807, 2.05) is 0 Å². The Morgan fingerprint density at radius 3 is 2.47 bits per heavy atom. The number of rotatable bonds is 5. The summed E-state index contributed by atoms with van der Waals surface area (Å²) in [6, 6.07) is 0.196. The summed E-state index contributed by atoms with van der Waals surface area (Å²) in [5, 5.41) is 3.04. The second kappa shape index (κ2) is 7.11. The van der Waals surface area contributed by atoms with Crippen molar-refractivity contribution in [2.75, 3.05) is 18.1 Å². The third-order valence-corrected chi connectivity index (χ3v) is 4.53. The predicted molar refractivity (Wildman–Crippen MR) is 71.0 cm³/mol. The number of carbonyl (C=O) groups is 1. The first-order valence-corrected chi connectivity index (χ1v) is 7.87. The van der Waals surface area contributed by atoms with E-state index in [2.05, 4.69) is 19.2 Å². The van der Waals surface area contributed by atoms with Crippen molar-refractivity contribution in [2.24, 2.45) is 17.6 Å². The molecule has 0 aromatic rings. The van der Waals surface area contributed by atoms with Crippen LogP contribution in [0.3, 0.4) is 0 Å². The molecule has 1 heterocycles. The van der Waals surface area contributed by atoms with Gasteiger partial charge >= 0.3 is 0 Å². The lowest BCUT2D eigenvalue weighted by molar-refractivity contribution is -0.126. The highest BCUT2D eigenvalue weighted by Crippen LogP contribution is 2.13. The van der Waals surface area contributed by atoms with Crippen molar-refractivity contribution in [1.29, 1.82) is 0 Å². The van der Waals surface area contributed by atoms with Gasteiger partial charge in [-0.3, -0.25) is 9.00 Å². The summed E-state index contributed by atoms with van der Waals surface area (Å²) in [6.07, 6.45) is 2.50. The van der Waals surface area contributed by atoms with E-state index < -0.39 is 10.8 Å². The zero-order valence-electron chi connectivity index (χ0n) is 10.8. The zero-order chi connectivity index (χ0) is 12.8. The van der Waals surface area contributed by atoms with E-state index in [0.29, 0.717) is 24.0 Å².